The number of hydrogen-bond acceptors (Lipinski definition) is 6. The Bertz CT molecular complexity index is 642. The van der Waals surface area contributed by atoms with Gasteiger partial charge in [0.1, 0.15) is 5.92 Å². The summed E-state index contributed by atoms with van der Waals surface area (Å²) in [6.07, 6.45) is 1.62. The van der Waals surface area contributed by atoms with E-state index in [1.807, 2.05) is 6.92 Å². The minimum Gasteiger partial charge on any atom is -0.465 e. The van der Waals surface area contributed by atoms with Crippen LogP contribution in [0.2, 0.25) is 0 Å². The molecule has 2 amide bonds. The highest BCUT2D eigenvalue weighted by molar-refractivity contribution is 7.15. The van der Waals surface area contributed by atoms with Crippen LogP contribution in [0.25, 0.3) is 0 Å². The maximum absolute atomic E-state index is 12.3. The zero-order valence-corrected chi connectivity index (χ0v) is 13.4. The molecule has 1 aromatic rings. The van der Waals surface area contributed by atoms with Gasteiger partial charge in [0, 0.05) is 16.6 Å². The van der Waals surface area contributed by atoms with Crippen LogP contribution in [0.3, 0.4) is 0 Å². The van der Waals surface area contributed by atoms with Gasteiger partial charge in [-0.1, -0.05) is 31.3 Å². The van der Waals surface area contributed by atoms with E-state index in [0.29, 0.717) is 4.88 Å². The van der Waals surface area contributed by atoms with Gasteiger partial charge in [-0.3, -0.25) is 14.9 Å². The number of ether oxygens (including phenoxy) is 1. The largest absolute Gasteiger partial charge is 0.465 e. The summed E-state index contributed by atoms with van der Waals surface area (Å²) in [5, 5.41) is 15.8. The van der Waals surface area contributed by atoms with Crippen LogP contribution in [0, 0.1) is 16.0 Å². The molecule has 2 heterocycles. The molecule has 0 radical (unpaired) electrons. The molecule has 0 spiro atoms. The summed E-state index contributed by atoms with van der Waals surface area (Å²) in [6.45, 7) is 5.97. The molecular formula is C14H17N3O5S. The summed E-state index contributed by atoms with van der Waals surface area (Å²) >= 11 is 0.911. The topological polar surface area (TPSA) is 111 Å². The van der Waals surface area contributed by atoms with E-state index in [-0.39, 0.29) is 17.3 Å². The van der Waals surface area contributed by atoms with E-state index in [1.54, 1.807) is 0 Å². The molecule has 2 N–H and O–H groups in total. The Kier molecular flexibility index (Phi) is 5.32. The number of carbonyl (C=O) groups is 2. The van der Waals surface area contributed by atoms with Crippen LogP contribution in [-0.4, -0.2) is 23.5 Å². The van der Waals surface area contributed by atoms with Crippen molar-refractivity contribution in [1.82, 2.24) is 10.6 Å². The van der Waals surface area contributed by atoms with E-state index in [4.69, 9.17) is 4.74 Å². The molecule has 0 bridgehead atoms. The average molecular weight is 339 g/mol. The highest BCUT2D eigenvalue weighted by Gasteiger charge is 2.40. The van der Waals surface area contributed by atoms with E-state index < -0.39 is 28.9 Å². The minimum atomic E-state index is -0.831. The fourth-order valence-corrected chi connectivity index (χ4v) is 3.12. The summed E-state index contributed by atoms with van der Waals surface area (Å²) in [7, 11) is 0. The first kappa shape index (κ1) is 16.9. The van der Waals surface area contributed by atoms with Crippen LogP contribution < -0.4 is 10.6 Å². The number of urea groups is 1. The van der Waals surface area contributed by atoms with Crippen molar-refractivity contribution in [3.8, 4) is 0 Å². The Morgan fingerprint density at radius 1 is 1.52 bits per heavy atom. The van der Waals surface area contributed by atoms with Crippen molar-refractivity contribution in [2.45, 2.75) is 25.8 Å². The smallest absolute Gasteiger partial charge is 0.324 e. The van der Waals surface area contributed by atoms with Gasteiger partial charge in [-0.25, -0.2) is 4.79 Å². The van der Waals surface area contributed by atoms with Gasteiger partial charge < -0.3 is 15.4 Å². The fraction of sp³-hybridized carbons (Fsp3) is 0.429. The molecule has 1 fully saturated rings. The lowest BCUT2D eigenvalue weighted by atomic mass is 9.93. The standard InChI is InChI=1S/C14H17N3O5S/c1-3-4-7-22-13(18)11-8(2)15-14(19)16-12(11)9-5-6-10(23-9)17(20)21/h5-6,11-12H,2-4,7H2,1H3,(H2,15,16,19)/t11-,12-/m1/s1. The number of thiophene rings is 1. The third kappa shape index (κ3) is 3.86. The van der Waals surface area contributed by atoms with Crippen molar-refractivity contribution >= 4 is 28.3 Å². The molecule has 0 saturated carbocycles. The van der Waals surface area contributed by atoms with Crippen LogP contribution in [0.5, 0.6) is 0 Å². The summed E-state index contributed by atoms with van der Waals surface area (Å²) in [5.41, 5.74) is 0.219. The normalized spacial score (nSPS) is 20.6. The number of hydrogen-bond donors (Lipinski definition) is 2. The van der Waals surface area contributed by atoms with Crippen molar-refractivity contribution in [2.24, 2.45) is 5.92 Å². The molecule has 0 unspecified atom stereocenters. The Morgan fingerprint density at radius 3 is 2.87 bits per heavy atom. The van der Waals surface area contributed by atoms with Gasteiger partial charge >= 0.3 is 17.0 Å². The number of amides is 2. The predicted molar refractivity (Wildman–Crippen MR) is 83.9 cm³/mol. The molecule has 23 heavy (non-hydrogen) atoms. The number of esters is 1. The number of rotatable bonds is 6. The zero-order valence-electron chi connectivity index (χ0n) is 12.5. The van der Waals surface area contributed by atoms with Crippen LogP contribution >= 0.6 is 11.3 Å². The number of nitrogens with one attached hydrogen (secondary N) is 2. The molecular weight excluding hydrogens is 322 g/mol. The van der Waals surface area contributed by atoms with Gasteiger partial charge in [0.25, 0.3) is 0 Å². The summed E-state index contributed by atoms with van der Waals surface area (Å²) in [4.78, 5) is 34.8. The summed E-state index contributed by atoms with van der Waals surface area (Å²) in [6, 6.07) is 1.63. The molecule has 2 rings (SSSR count). The maximum atomic E-state index is 12.3. The average Bonchev–Trinajstić information content (AvgIpc) is 2.96. The van der Waals surface area contributed by atoms with Crippen molar-refractivity contribution < 1.29 is 19.2 Å². The highest BCUT2D eigenvalue weighted by Crippen LogP contribution is 2.36. The first-order valence-corrected chi connectivity index (χ1v) is 7.92. The molecule has 1 aromatic heterocycles. The van der Waals surface area contributed by atoms with E-state index in [1.165, 1.54) is 12.1 Å². The Balaban J connectivity index is 2.23. The molecule has 2 atom stereocenters. The molecule has 9 heteroatoms. The summed E-state index contributed by atoms with van der Waals surface area (Å²) < 4.78 is 5.21. The molecule has 1 saturated heterocycles. The second-order valence-corrected chi connectivity index (χ2v) is 6.13. The predicted octanol–water partition coefficient (Wildman–Crippen LogP) is 2.48. The summed E-state index contributed by atoms with van der Waals surface area (Å²) in [5.74, 6) is -1.35. The van der Waals surface area contributed by atoms with Gasteiger partial charge in [0.15, 0.2) is 0 Å². The SMILES string of the molecule is C=C1NC(=O)N[C@H](c2ccc([N+](=O)[O-])s2)[C@@H]1C(=O)OCCCC. The first-order valence-electron chi connectivity index (χ1n) is 7.11. The van der Waals surface area contributed by atoms with Crippen molar-refractivity contribution in [3.05, 3.63) is 39.4 Å². The molecule has 1 aliphatic heterocycles. The van der Waals surface area contributed by atoms with Crippen molar-refractivity contribution in [1.29, 1.82) is 0 Å². The maximum Gasteiger partial charge on any atom is 0.324 e. The van der Waals surface area contributed by atoms with Gasteiger partial charge in [0.2, 0.25) is 0 Å². The highest BCUT2D eigenvalue weighted by atomic mass is 32.1. The van der Waals surface area contributed by atoms with Crippen LogP contribution in [0.4, 0.5) is 9.80 Å². The molecule has 124 valence electrons. The van der Waals surface area contributed by atoms with Gasteiger partial charge in [-0.05, 0) is 12.5 Å². The van der Waals surface area contributed by atoms with Crippen LogP contribution in [-0.2, 0) is 9.53 Å². The quantitative estimate of drug-likeness (QED) is 0.358. The number of unbranched alkanes of at least 4 members (excludes halogenated alkanes) is 1. The van der Waals surface area contributed by atoms with Crippen LogP contribution in [0.15, 0.2) is 24.4 Å². The molecule has 0 aliphatic carbocycles. The molecule has 1 aliphatic rings. The third-order valence-electron chi connectivity index (χ3n) is 3.36. The number of nitro groups is 1. The van der Waals surface area contributed by atoms with Gasteiger partial charge in [-0.2, -0.15) is 0 Å². The minimum absolute atomic E-state index is 0.0588. The Morgan fingerprint density at radius 2 is 2.26 bits per heavy atom. The lowest BCUT2D eigenvalue weighted by Gasteiger charge is -2.32. The van der Waals surface area contributed by atoms with Gasteiger partial charge in [-0.15, -0.1) is 0 Å². The monoisotopic (exact) mass is 339 g/mol. The van der Waals surface area contributed by atoms with Crippen LogP contribution in [0.1, 0.15) is 30.7 Å². The zero-order chi connectivity index (χ0) is 17.0. The third-order valence-corrected chi connectivity index (χ3v) is 4.48. The lowest BCUT2D eigenvalue weighted by Crippen LogP contribution is -2.50. The van der Waals surface area contributed by atoms with E-state index in [9.17, 15) is 19.7 Å². The number of nitrogens with zero attached hydrogens (tertiary/aromatic N) is 1. The fourth-order valence-electron chi connectivity index (χ4n) is 2.21. The first-order chi connectivity index (χ1) is 10.9. The Hall–Kier alpha value is -2.42. The second kappa shape index (κ2) is 7.23. The molecule has 8 nitrogen and oxygen atoms in total. The molecule has 0 aromatic carbocycles. The van der Waals surface area contributed by atoms with E-state index in [2.05, 4.69) is 17.2 Å². The Labute approximate surface area is 136 Å². The van der Waals surface area contributed by atoms with Gasteiger partial charge in [0.05, 0.1) is 17.6 Å². The van der Waals surface area contributed by atoms with Crippen molar-refractivity contribution in [3.63, 3.8) is 0 Å². The number of carbonyl (C=O) groups excluding carboxylic acids is 2. The van der Waals surface area contributed by atoms with Crippen molar-refractivity contribution in [2.75, 3.05) is 6.61 Å². The van der Waals surface area contributed by atoms with E-state index in [0.717, 1.165) is 24.2 Å². The lowest BCUT2D eigenvalue weighted by molar-refractivity contribution is -0.380. The second-order valence-electron chi connectivity index (χ2n) is 5.03. The van der Waals surface area contributed by atoms with E-state index >= 15 is 0 Å².